The summed E-state index contributed by atoms with van der Waals surface area (Å²) in [7, 11) is 0. The molecular formula is C18H25NO2. The molecule has 1 aliphatic rings. The second kappa shape index (κ2) is 7.49. The highest BCUT2D eigenvalue weighted by atomic mass is 16.5. The van der Waals surface area contributed by atoms with Crippen LogP contribution in [0.5, 0.6) is 5.75 Å². The van der Waals surface area contributed by atoms with Gasteiger partial charge in [-0.05, 0) is 42.6 Å². The van der Waals surface area contributed by atoms with E-state index in [9.17, 15) is 0 Å². The third-order valence-corrected chi connectivity index (χ3v) is 3.76. The van der Waals surface area contributed by atoms with Crippen LogP contribution in [0.2, 0.25) is 0 Å². The van der Waals surface area contributed by atoms with Gasteiger partial charge in [0.15, 0.2) is 0 Å². The molecule has 21 heavy (non-hydrogen) atoms. The Morgan fingerprint density at radius 1 is 1.29 bits per heavy atom. The maximum Gasteiger partial charge on any atom is 0.119 e. The summed E-state index contributed by atoms with van der Waals surface area (Å²) in [5.74, 6) is 6.81. The van der Waals surface area contributed by atoms with E-state index < -0.39 is 0 Å². The molecule has 0 atom stereocenters. The van der Waals surface area contributed by atoms with Crippen molar-refractivity contribution in [1.82, 2.24) is 4.90 Å². The quantitative estimate of drug-likeness (QED) is 0.845. The molecule has 0 unspecified atom stereocenters. The maximum atomic E-state index is 8.68. The largest absolute Gasteiger partial charge is 0.492 e. The van der Waals surface area contributed by atoms with E-state index in [1.54, 1.807) is 0 Å². The van der Waals surface area contributed by atoms with Crippen LogP contribution in [0.15, 0.2) is 24.3 Å². The molecule has 0 spiro atoms. The molecule has 1 heterocycles. The Kier molecular flexibility index (Phi) is 5.67. The highest BCUT2D eigenvalue weighted by Crippen LogP contribution is 2.28. The Morgan fingerprint density at radius 3 is 2.67 bits per heavy atom. The van der Waals surface area contributed by atoms with Crippen molar-refractivity contribution in [2.24, 2.45) is 5.41 Å². The standard InChI is InChI=1S/C18H25NO2/c1-18(2)10-11-19(15-18)12-14-21-17-8-6-16(7-9-17)5-3-4-13-20/h6-9,20H,4,10-15H2,1-2H3. The first-order valence-corrected chi connectivity index (χ1v) is 7.64. The fourth-order valence-electron chi connectivity index (χ4n) is 2.56. The number of aliphatic hydroxyl groups excluding tert-OH is 1. The van der Waals surface area contributed by atoms with E-state index in [1.807, 2.05) is 24.3 Å². The molecule has 1 aromatic rings. The molecule has 3 heteroatoms. The van der Waals surface area contributed by atoms with Gasteiger partial charge in [-0.1, -0.05) is 25.7 Å². The van der Waals surface area contributed by atoms with Crippen LogP contribution in [-0.4, -0.2) is 42.9 Å². The normalized spacial score (nSPS) is 17.3. The lowest BCUT2D eigenvalue weighted by atomic mass is 9.93. The lowest BCUT2D eigenvalue weighted by molar-refractivity contribution is 0.222. The van der Waals surface area contributed by atoms with Crippen molar-refractivity contribution in [3.05, 3.63) is 29.8 Å². The molecule has 1 aliphatic heterocycles. The number of benzene rings is 1. The van der Waals surface area contributed by atoms with E-state index in [-0.39, 0.29) is 6.61 Å². The second-order valence-corrected chi connectivity index (χ2v) is 6.34. The summed E-state index contributed by atoms with van der Waals surface area (Å²) in [6.07, 6.45) is 1.79. The lowest BCUT2D eigenvalue weighted by Crippen LogP contribution is -2.27. The Labute approximate surface area is 127 Å². The number of nitrogens with zero attached hydrogens (tertiary/aromatic N) is 1. The van der Waals surface area contributed by atoms with E-state index >= 15 is 0 Å². The molecule has 3 nitrogen and oxygen atoms in total. The molecule has 1 saturated heterocycles. The van der Waals surface area contributed by atoms with Gasteiger partial charge in [-0.3, -0.25) is 4.90 Å². The summed E-state index contributed by atoms with van der Waals surface area (Å²) in [5, 5.41) is 8.68. The molecule has 0 bridgehead atoms. The average Bonchev–Trinajstić information content (AvgIpc) is 2.80. The molecule has 1 aromatic carbocycles. The van der Waals surface area contributed by atoms with Crippen molar-refractivity contribution in [1.29, 1.82) is 0 Å². The minimum atomic E-state index is 0.113. The van der Waals surface area contributed by atoms with Crippen molar-refractivity contribution in [2.75, 3.05) is 32.8 Å². The Hall–Kier alpha value is -1.50. The Morgan fingerprint density at radius 2 is 2.05 bits per heavy atom. The molecule has 0 aromatic heterocycles. The van der Waals surface area contributed by atoms with E-state index in [1.165, 1.54) is 13.0 Å². The zero-order valence-electron chi connectivity index (χ0n) is 13.1. The fourth-order valence-corrected chi connectivity index (χ4v) is 2.56. The molecule has 114 valence electrons. The van der Waals surface area contributed by atoms with Crippen LogP contribution in [0.4, 0.5) is 0 Å². The van der Waals surface area contributed by atoms with Crippen LogP contribution in [0.25, 0.3) is 0 Å². The van der Waals surface area contributed by atoms with Crippen LogP contribution in [0.1, 0.15) is 32.3 Å². The number of hydrogen-bond acceptors (Lipinski definition) is 3. The maximum absolute atomic E-state index is 8.68. The van der Waals surface area contributed by atoms with Gasteiger partial charge in [-0.2, -0.15) is 0 Å². The van der Waals surface area contributed by atoms with Crippen LogP contribution >= 0.6 is 0 Å². The molecule has 0 amide bonds. The monoisotopic (exact) mass is 287 g/mol. The minimum Gasteiger partial charge on any atom is -0.492 e. The smallest absolute Gasteiger partial charge is 0.119 e. The summed E-state index contributed by atoms with van der Waals surface area (Å²) < 4.78 is 5.79. The zero-order chi connectivity index (χ0) is 15.1. The van der Waals surface area contributed by atoms with Gasteiger partial charge in [0.1, 0.15) is 12.4 Å². The van der Waals surface area contributed by atoms with Crippen molar-refractivity contribution < 1.29 is 9.84 Å². The van der Waals surface area contributed by atoms with Crippen molar-refractivity contribution in [3.8, 4) is 17.6 Å². The third kappa shape index (κ3) is 5.41. The molecule has 0 radical (unpaired) electrons. The van der Waals surface area contributed by atoms with Crippen LogP contribution in [0.3, 0.4) is 0 Å². The summed E-state index contributed by atoms with van der Waals surface area (Å²) in [4.78, 5) is 2.47. The molecule has 0 saturated carbocycles. The zero-order valence-corrected chi connectivity index (χ0v) is 13.1. The first-order chi connectivity index (χ1) is 10.1. The number of rotatable bonds is 5. The van der Waals surface area contributed by atoms with E-state index in [4.69, 9.17) is 9.84 Å². The minimum absolute atomic E-state index is 0.113. The predicted molar refractivity (Wildman–Crippen MR) is 85.4 cm³/mol. The van der Waals surface area contributed by atoms with Gasteiger partial charge < -0.3 is 9.84 Å². The van der Waals surface area contributed by atoms with Gasteiger partial charge in [0.25, 0.3) is 0 Å². The van der Waals surface area contributed by atoms with Gasteiger partial charge in [0, 0.05) is 25.1 Å². The lowest BCUT2D eigenvalue weighted by Gasteiger charge is -2.19. The average molecular weight is 287 g/mol. The summed E-state index contributed by atoms with van der Waals surface area (Å²) in [5.41, 5.74) is 1.41. The van der Waals surface area contributed by atoms with E-state index in [0.717, 1.165) is 31.0 Å². The van der Waals surface area contributed by atoms with Crippen LogP contribution in [0, 0.1) is 17.3 Å². The molecule has 1 N–H and O–H groups in total. The van der Waals surface area contributed by atoms with Gasteiger partial charge in [-0.15, -0.1) is 0 Å². The summed E-state index contributed by atoms with van der Waals surface area (Å²) in [6, 6.07) is 7.82. The molecule has 2 rings (SSSR count). The van der Waals surface area contributed by atoms with E-state index in [2.05, 4.69) is 30.6 Å². The van der Waals surface area contributed by atoms with Gasteiger partial charge in [0.2, 0.25) is 0 Å². The first-order valence-electron chi connectivity index (χ1n) is 7.64. The Bertz CT molecular complexity index is 496. The topological polar surface area (TPSA) is 32.7 Å². The van der Waals surface area contributed by atoms with Crippen LogP contribution < -0.4 is 4.74 Å². The number of hydrogen-bond donors (Lipinski definition) is 1. The first kappa shape index (κ1) is 15.9. The van der Waals surface area contributed by atoms with Gasteiger partial charge in [0.05, 0.1) is 6.61 Å². The Balaban J connectivity index is 1.73. The van der Waals surface area contributed by atoms with E-state index in [0.29, 0.717) is 11.8 Å². The van der Waals surface area contributed by atoms with Crippen molar-refractivity contribution in [2.45, 2.75) is 26.7 Å². The van der Waals surface area contributed by atoms with Crippen LogP contribution in [-0.2, 0) is 0 Å². The third-order valence-electron chi connectivity index (χ3n) is 3.76. The fraction of sp³-hybridized carbons (Fsp3) is 0.556. The second-order valence-electron chi connectivity index (χ2n) is 6.34. The molecular weight excluding hydrogens is 262 g/mol. The number of ether oxygens (including phenoxy) is 1. The molecule has 0 aliphatic carbocycles. The summed E-state index contributed by atoms with van der Waals surface area (Å²) >= 11 is 0. The SMILES string of the molecule is CC1(C)CCN(CCOc2ccc(C#CCCO)cc2)C1. The van der Waals surface area contributed by atoms with Gasteiger partial charge >= 0.3 is 0 Å². The number of aliphatic hydroxyl groups is 1. The molecule has 1 fully saturated rings. The highest BCUT2D eigenvalue weighted by Gasteiger charge is 2.28. The van der Waals surface area contributed by atoms with Gasteiger partial charge in [-0.25, -0.2) is 0 Å². The summed E-state index contributed by atoms with van der Waals surface area (Å²) in [6.45, 7) is 8.81. The van der Waals surface area contributed by atoms with Crippen molar-refractivity contribution >= 4 is 0 Å². The number of likely N-dealkylation sites (tertiary alicyclic amines) is 1. The van der Waals surface area contributed by atoms with Crippen molar-refractivity contribution in [3.63, 3.8) is 0 Å². The highest BCUT2D eigenvalue weighted by molar-refractivity contribution is 5.38. The predicted octanol–water partition coefficient (Wildman–Crippen LogP) is 2.53.